The summed E-state index contributed by atoms with van der Waals surface area (Å²) in [5.41, 5.74) is 12.2. The first-order valence-electron chi connectivity index (χ1n) is 4.82. The quantitative estimate of drug-likeness (QED) is 0.746. The third-order valence-electron chi connectivity index (χ3n) is 2.08. The number of carbonyl (C=O) groups excluding carboxylic acids is 1. The number of ether oxygens (including phenoxy) is 1. The van der Waals surface area contributed by atoms with Crippen LogP contribution in [0.3, 0.4) is 0 Å². The fourth-order valence-electron chi connectivity index (χ4n) is 1.17. The molecule has 0 atom stereocenters. The lowest BCUT2D eigenvalue weighted by molar-refractivity contribution is -0.118. The Kier molecular flexibility index (Phi) is 4.25. The molecule has 16 heavy (non-hydrogen) atoms. The van der Waals surface area contributed by atoms with Crippen LogP contribution in [0.15, 0.2) is 18.2 Å². The molecular formula is C11H14N2O2S. The number of hydrogen-bond donors (Lipinski definition) is 2. The molecule has 1 rings (SSSR count). The smallest absolute Gasteiger partial charge is 0.220 e. The molecule has 1 amide bonds. The molecule has 0 fully saturated rings. The molecule has 1 aromatic rings. The Morgan fingerprint density at radius 1 is 1.44 bits per heavy atom. The van der Waals surface area contributed by atoms with E-state index in [4.69, 9.17) is 28.4 Å². The summed E-state index contributed by atoms with van der Waals surface area (Å²) in [6.45, 7) is 2.17. The summed E-state index contributed by atoms with van der Waals surface area (Å²) in [7, 11) is 0. The molecule has 0 bridgehead atoms. The minimum Gasteiger partial charge on any atom is -0.493 e. The Balaban J connectivity index is 2.74. The van der Waals surface area contributed by atoms with E-state index in [9.17, 15) is 4.79 Å². The topological polar surface area (TPSA) is 78.3 Å². The number of benzene rings is 1. The van der Waals surface area contributed by atoms with Crippen molar-refractivity contribution in [2.75, 3.05) is 6.61 Å². The first-order chi connectivity index (χ1) is 7.50. The van der Waals surface area contributed by atoms with Gasteiger partial charge in [-0.2, -0.15) is 0 Å². The minimum atomic E-state index is -0.386. The number of amides is 1. The molecular weight excluding hydrogens is 224 g/mol. The first kappa shape index (κ1) is 12.4. The zero-order valence-electron chi connectivity index (χ0n) is 9.03. The number of nitrogens with two attached hydrogens (primary N) is 2. The van der Waals surface area contributed by atoms with Crippen LogP contribution in [0.2, 0.25) is 0 Å². The number of primary amides is 1. The Hall–Kier alpha value is -1.62. The maximum absolute atomic E-state index is 10.6. The summed E-state index contributed by atoms with van der Waals surface area (Å²) in [6, 6.07) is 5.46. The molecule has 0 radical (unpaired) electrons. The van der Waals surface area contributed by atoms with Crippen LogP contribution in [0.4, 0.5) is 0 Å². The molecule has 0 saturated carbocycles. The van der Waals surface area contributed by atoms with Gasteiger partial charge in [0.2, 0.25) is 5.91 Å². The van der Waals surface area contributed by atoms with Crippen molar-refractivity contribution < 1.29 is 9.53 Å². The van der Waals surface area contributed by atoms with Gasteiger partial charge >= 0.3 is 0 Å². The molecule has 0 aliphatic carbocycles. The average molecular weight is 238 g/mol. The molecule has 0 spiro atoms. The molecule has 0 aromatic heterocycles. The van der Waals surface area contributed by atoms with Gasteiger partial charge in [0, 0.05) is 5.56 Å². The van der Waals surface area contributed by atoms with Crippen LogP contribution in [0.25, 0.3) is 0 Å². The summed E-state index contributed by atoms with van der Waals surface area (Å²) < 4.78 is 5.42. The highest BCUT2D eigenvalue weighted by molar-refractivity contribution is 7.80. The average Bonchev–Trinajstić information content (AvgIpc) is 2.20. The van der Waals surface area contributed by atoms with Crippen molar-refractivity contribution in [1.82, 2.24) is 0 Å². The summed E-state index contributed by atoms with van der Waals surface area (Å²) in [5, 5.41) is 0. The van der Waals surface area contributed by atoms with Crippen LogP contribution in [-0.4, -0.2) is 17.5 Å². The standard InChI is InChI=1S/C11H14N2O2S/c1-7-2-3-8(11(13)16)6-9(7)15-5-4-10(12)14/h2-3,6H,4-5H2,1H3,(H2,12,14)(H2,13,16). The molecule has 0 aliphatic heterocycles. The van der Waals surface area contributed by atoms with Crippen LogP contribution in [-0.2, 0) is 4.79 Å². The molecule has 86 valence electrons. The highest BCUT2D eigenvalue weighted by Crippen LogP contribution is 2.19. The number of hydrogen-bond acceptors (Lipinski definition) is 3. The summed E-state index contributed by atoms with van der Waals surface area (Å²) in [5.74, 6) is 0.287. The van der Waals surface area contributed by atoms with E-state index >= 15 is 0 Å². The van der Waals surface area contributed by atoms with Gasteiger partial charge in [-0.1, -0.05) is 24.4 Å². The van der Waals surface area contributed by atoms with Crippen LogP contribution in [0, 0.1) is 6.92 Å². The van der Waals surface area contributed by atoms with Gasteiger partial charge in [0.15, 0.2) is 0 Å². The normalized spacial score (nSPS) is 9.81. The van der Waals surface area contributed by atoms with Gasteiger partial charge in [-0.3, -0.25) is 4.79 Å². The maximum atomic E-state index is 10.6. The van der Waals surface area contributed by atoms with Gasteiger partial charge in [0.25, 0.3) is 0 Å². The Morgan fingerprint density at radius 3 is 2.69 bits per heavy atom. The van der Waals surface area contributed by atoms with Crippen molar-refractivity contribution in [2.24, 2.45) is 11.5 Å². The zero-order valence-corrected chi connectivity index (χ0v) is 9.84. The van der Waals surface area contributed by atoms with Gasteiger partial charge in [0.05, 0.1) is 13.0 Å². The SMILES string of the molecule is Cc1ccc(C(N)=S)cc1OCCC(N)=O. The highest BCUT2D eigenvalue weighted by Gasteiger charge is 2.04. The number of thiocarbonyl (C=S) groups is 1. The van der Waals surface area contributed by atoms with Crippen molar-refractivity contribution in [3.63, 3.8) is 0 Å². The van der Waals surface area contributed by atoms with Crippen molar-refractivity contribution in [3.8, 4) is 5.75 Å². The van der Waals surface area contributed by atoms with E-state index in [1.165, 1.54) is 0 Å². The van der Waals surface area contributed by atoms with Crippen molar-refractivity contribution in [3.05, 3.63) is 29.3 Å². The third-order valence-corrected chi connectivity index (χ3v) is 2.31. The van der Waals surface area contributed by atoms with Gasteiger partial charge in [-0.05, 0) is 18.6 Å². The lowest BCUT2D eigenvalue weighted by Gasteiger charge is -2.09. The fraction of sp³-hybridized carbons (Fsp3) is 0.273. The molecule has 4 N–H and O–H groups in total. The van der Waals surface area contributed by atoms with Crippen molar-refractivity contribution in [2.45, 2.75) is 13.3 Å². The molecule has 4 nitrogen and oxygen atoms in total. The first-order valence-corrected chi connectivity index (χ1v) is 5.23. The van der Waals surface area contributed by atoms with Gasteiger partial charge in [0.1, 0.15) is 10.7 Å². The molecule has 0 saturated heterocycles. The van der Waals surface area contributed by atoms with E-state index < -0.39 is 0 Å². The number of rotatable bonds is 5. The van der Waals surface area contributed by atoms with Gasteiger partial charge in [-0.15, -0.1) is 0 Å². The summed E-state index contributed by atoms with van der Waals surface area (Å²) >= 11 is 4.87. The highest BCUT2D eigenvalue weighted by atomic mass is 32.1. The zero-order chi connectivity index (χ0) is 12.1. The van der Waals surface area contributed by atoms with E-state index in [2.05, 4.69) is 0 Å². The minimum absolute atomic E-state index is 0.191. The van der Waals surface area contributed by atoms with E-state index in [0.717, 1.165) is 11.1 Å². The van der Waals surface area contributed by atoms with Crippen LogP contribution >= 0.6 is 12.2 Å². The monoisotopic (exact) mass is 238 g/mol. The Morgan fingerprint density at radius 2 is 2.12 bits per heavy atom. The van der Waals surface area contributed by atoms with E-state index in [-0.39, 0.29) is 18.9 Å². The van der Waals surface area contributed by atoms with E-state index in [1.54, 1.807) is 6.07 Å². The Labute approximate surface area is 99.6 Å². The van der Waals surface area contributed by atoms with Crippen molar-refractivity contribution >= 4 is 23.1 Å². The second-order valence-corrected chi connectivity index (χ2v) is 3.85. The largest absolute Gasteiger partial charge is 0.493 e. The molecule has 0 aliphatic rings. The number of carbonyl (C=O) groups is 1. The number of aryl methyl sites for hydroxylation is 1. The fourth-order valence-corrected chi connectivity index (χ4v) is 1.30. The van der Waals surface area contributed by atoms with Gasteiger partial charge in [-0.25, -0.2) is 0 Å². The molecule has 1 aromatic carbocycles. The second kappa shape index (κ2) is 5.46. The van der Waals surface area contributed by atoms with E-state index in [0.29, 0.717) is 10.7 Å². The van der Waals surface area contributed by atoms with Crippen LogP contribution in [0.5, 0.6) is 5.75 Å². The Bertz CT molecular complexity index is 418. The summed E-state index contributed by atoms with van der Waals surface area (Å²) in [4.78, 5) is 10.9. The predicted molar refractivity (Wildman–Crippen MR) is 66.4 cm³/mol. The van der Waals surface area contributed by atoms with Crippen LogP contribution < -0.4 is 16.2 Å². The second-order valence-electron chi connectivity index (χ2n) is 3.41. The third kappa shape index (κ3) is 3.51. The van der Waals surface area contributed by atoms with E-state index in [1.807, 2.05) is 19.1 Å². The van der Waals surface area contributed by atoms with Gasteiger partial charge < -0.3 is 16.2 Å². The molecule has 5 heteroatoms. The molecule has 0 unspecified atom stereocenters. The lowest BCUT2D eigenvalue weighted by atomic mass is 10.1. The van der Waals surface area contributed by atoms with Crippen molar-refractivity contribution in [1.29, 1.82) is 0 Å². The lowest BCUT2D eigenvalue weighted by Crippen LogP contribution is -2.15. The predicted octanol–water partition coefficient (Wildman–Crippen LogP) is 0.883. The van der Waals surface area contributed by atoms with Crippen LogP contribution in [0.1, 0.15) is 17.5 Å². The maximum Gasteiger partial charge on any atom is 0.220 e. The summed E-state index contributed by atoms with van der Waals surface area (Å²) in [6.07, 6.45) is 0.191. The molecule has 0 heterocycles.